The normalized spacial score (nSPS) is 17.3. The van der Waals surface area contributed by atoms with Gasteiger partial charge >= 0.3 is 0 Å². The van der Waals surface area contributed by atoms with Crippen LogP contribution in [0.2, 0.25) is 0 Å². The Kier molecular flexibility index (Phi) is 4.60. The Morgan fingerprint density at radius 2 is 2.04 bits per heavy atom. The van der Waals surface area contributed by atoms with E-state index < -0.39 is 0 Å². The van der Waals surface area contributed by atoms with Crippen molar-refractivity contribution >= 4 is 11.6 Å². The Hall–Kier alpha value is -2.36. The first-order valence-electron chi connectivity index (χ1n) is 7.97. The van der Waals surface area contributed by atoms with Crippen LogP contribution in [-0.4, -0.2) is 25.5 Å². The lowest BCUT2D eigenvalue weighted by molar-refractivity contribution is 0.0948. The van der Waals surface area contributed by atoms with E-state index in [1.54, 1.807) is 0 Å². The van der Waals surface area contributed by atoms with E-state index in [1.165, 1.54) is 12.1 Å². The number of rotatable bonds is 4. The molecule has 1 unspecified atom stereocenters. The van der Waals surface area contributed by atoms with Crippen LogP contribution in [0.5, 0.6) is 0 Å². The van der Waals surface area contributed by atoms with Crippen LogP contribution in [0.1, 0.15) is 22.3 Å². The van der Waals surface area contributed by atoms with Crippen molar-refractivity contribution < 1.29 is 9.18 Å². The largest absolute Gasteiger partial charge is 0.371 e. The third-order valence-corrected chi connectivity index (χ3v) is 4.31. The first kappa shape index (κ1) is 15.5. The van der Waals surface area contributed by atoms with Crippen LogP contribution in [0, 0.1) is 18.7 Å². The minimum absolute atomic E-state index is 0.0195. The van der Waals surface area contributed by atoms with E-state index in [4.69, 9.17) is 0 Å². The molecule has 120 valence electrons. The molecule has 1 aliphatic rings. The standard InChI is InChI=1S/C19H21FN2O/c1-14-3-2-4-16(11-14)19(23)21-12-15-9-10-22(13-15)18-7-5-17(20)6-8-18/h2-8,11,15H,9-10,12-13H2,1H3,(H,21,23). The van der Waals surface area contributed by atoms with Gasteiger partial charge in [-0.05, 0) is 55.7 Å². The molecule has 0 aromatic heterocycles. The molecule has 1 heterocycles. The van der Waals surface area contributed by atoms with E-state index >= 15 is 0 Å². The van der Waals surface area contributed by atoms with E-state index in [-0.39, 0.29) is 11.7 Å². The van der Waals surface area contributed by atoms with Crippen molar-refractivity contribution in [1.29, 1.82) is 0 Å². The topological polar surface area (TPSA) is 32.3 Å². The monoisotopic (exact) mass is 312 g/mol. The fourth-order valence-electron chi connectivity index (χ4n) is 3.01. The summed E-state index contributed by atoms with van der Waals surface area (Å²) in [4.78, 5) is 14.4. The Balaban J connectivity index is 1.52. The summed E-state index contributed by atoms with van der Waals surface area (Å²) in [5, 5.41) is 3.02. The number of benzene rings is 2. The zero-order chi connectivity index (χ0) is 16.2. The maximum Gasteiger partial charge on any atom is 0.251 e. The molecule has 23 heavy (non-hydrogen) atoms. The smallest absolute Gasteiger partial charge is 0.251 e. The molecule has 1 saturated heterocycles. The predicted octanol–water partition coefficient (Wildman–Crippen LogP) is 3.39. The SMILES string of the molecule is Cc1cccc(C(=O)NCC2CCN(c3ccc(F)cc3)C2)c1. The second kappa shape index (κ2) is 6.82. The van der Waals surface area contributed by atoms with Crippen molar-refractivity contribution in [2.24, 2.45) is 5.92 Å². The van der Waals surface area contributed by atoms with Crippen molar-refractivity contribution in [2.75, 3.05) is 24.5 Å². The molecule has 4 heteroatoms. The molecule has 0 saturated carbocycles. The zero-order valence-electron chi connectivity index (χ0n) is 13.3. The molecule has 1 atom stereocenters. The highest BCUT2D eigenvalue weighted by Crippen LogP contribution is 2.23. The van der Waals surface area contributed by atoms with Gasteiger partial charge in [0.1, 0.15) is 5.82 Å². The van der Waals surface area contributed by atoms with Gasteiger partial charge in [-0.2, -0.15) is 0 Å². The lowest BCUT2D eigenvalue weighted by Crippen LogP contribution is -2.31. The Labute approximate surface area is 136 Å². The molecule has 2 aromatic carbocycles. The summed E-state index contributed by atoms with van der Waals surface area (Å²) in [6, 6.07) is 14.2. The van der Waals surface area contributed by atoms with Crippen LogP contribution >= 0.6 is 0 Å². The summed E-state index contributed by atoms with van der Waals surface area (Å²) in [5.41, 5.74) is 2.83. The van der Waals surface area contributed by atoms with Gasteiger partial charge in [0, 0.05) is 30.9 Å². The number of nitrogens with zero attached hydrogens (tertiary/aromatic N) is 1. The molecule has 1 N–H and O–H groups in total. The highest BCUT2D eigenvalue weighted by atomic mass is 19.1. The minimum atomic E-state index is -0.213. The van der Waals surface area contributed by atoms with Crippen LogP contribution in [0.4, 0.5) is 10.1 Å². The molecule has 3 rings (SSSR count). The number of nitrogens with one attached hydrogen (secondary N) is 1. The third-order valence-electron chi connectivity index (χ3n) is 4.31. The predicted molar refractivity (Wildman–Crippen MR) is 90.2 cm³/mol. The molecule has 0 radical (unpaired) electrons. The Morgan fingerprint density at radius 3 is 2.78 bits per heavy atom. The molecular formula is C19H21FN2O. The van der Waals surface area contributed by atoms with Crippen LogP contribution < -0.4 is 10.2 Å². The van der Waals surface area contributed by atoms with E-state index in [9.17, 15) is 9.18 Å². The lowest BCUT2D eigenvalue weighted by atomic mass is 10.1. The minimum Gasteiger partial charge on any atom is -0.371 e. The van der Waals surface area contributed by atoms with Crippen molar-refractivity contribution in [3.05, 3.63) is 65.5 Å². The number of amides is 1. The molecule has 0 aliphatic carbocycles. The van der Waals surface area contributed by atoms with Gasteiger partial charge in [0.2, 0.25) is 0 Å². The van der Waals surface area contributed by atoms with Gasteiger partial charge in [-0.25, -0.2) is 4.39 Å². The van der Waals surface area contributed by atoms with E-state index in [1.807, 2.05) is 43.3 Å². The van der Waals surface area contributed by atoms with Crippen molar-refractivity contribution in [1.82, 2.24) is 5.32 Å². The van der Waals surface area contributed by atoms with Crippen LogP contribution in [0.25, 0.3) is 0 Å². The highest BCUT2D eigenvalue weighted by Gasteiger charge is 2.23. The Morgan fingerprint density at radius 1 is 1.26 bits per heavy atom. The lowest BCUT2D eigenvalue weighted by Gasteiger charge is -2.18. The number of anilines is 1. The summed E-state index contributed by atoms with van der Waals surface area (Å²) in [5.74, 6) is 0.192. The van der Waals surface area contributed by atoms with Crippen molar-refractivity contribution in [3.8, 4) is 0 Å². The maximum absolute atomic E-state index is 13.0. The number of hydrogen-bond acceptors (Lipinski definition) is 2. The van der Waals surface area contributed by atoms with Crippen LogP contribution in [0.15, 0.2) is 48.5 Å². The van der Waals surface area contributed by atoms with Crippen molar-refractivity contribution in [2.45, 2.75) is 13.3 Å². The molecule has 1 aliphatic heterocycles. The van der Waals surface area contributed by atoms with Gasteiger partial charge < -0.3 is 10.2 Å². The number of carbonyl (C=O) groups is 1. The quantitative estimate of drug-likeness (QED) is 0.938. The third kappa shape index (κ3) is 3.89. The second-order valence-corrected chi connectivity index (χ2v) is 6.16. The number of aryl methyl sites for hydroxylation is 1. The summed E-state index contributed by atoms with van der Waals surface area (Å²) in [6.45, 7) is 4.48. The summed E-state index contributed by atoms with van der Waals surface area (Å²) >= 11 is 0. The molecule has 1 fully saturated rings. The van der Waals surface area contributed by atoms with Crippen LogP contribution in [-0.2, 0) is 0 Å². The number of carbonyl (C=O) groups excluding carboxylic acids is 1. The molecule has 0 bridgehead atoms. The summed E-state index contributed by atoms with van der Waals surface area (Å²) in [7, 11) is 0. The van der Waals surface area contributed by atoms with Gasteiger partial charge in [-0.15, -0.1) is 0 Å². The van der Waals surface area contributed by atoms with Gasteiger partial charge in [-0.3, -0.25) is 4.79 Å². The first-order chi connectivity index (χ1) is 11.1. The summed E-state index contributed by atoms with van der Waals surface area (Å²) < 4.78 is 13.0. The molecule has 2 aromatic rings. The van der Waals surface area contributed by atoms with E-state index in [0.29, 0.717) is 18.0 Å². The molecule has 0 spiro atoms. The molecular weight excluding hydrogens is 291 g/mol. The molecule has 1 amide bonds. The average Bonchev–Trinajstić information content (AvgIpc) is 3.02. The first-order valence-corrected chi connectivity index (χ1v) is 7.97. The fraction of sp³-hybridized carbons (Fsp3) is 0.316. The number of hydrogen-bond donors (Lipinski definition) is 1. The van der Waals surface area contributed by atoms with Gasteiger partial charge in [0.25, 0.3) is 5.91 Å². The van der Waals surface area contributed by atoms with Gasteiger partial charge in [-0.1, -0.05) is 17.7 Å². The van der Waals surface area contributed by atoms with Gasteiger partial charge in [0.15, 0.2) is 0 Å². The van der Waals surface area contributed by atoms with Crippen LogP contribution in [0.3, 0.4) is 0 Å². The average molecular weight is 312 g/mol. The Bertz CT molecular complexity index is 684. The van der Waals surface area contributed by atoms with E-state index in [2.05, 4.69) is 10.2 Å². The zero-order valence-corrected chi connectivity index (χ0v) is 13.3. The van der Waals surface area contributed by atoms with Gasteiger partial charge in [0.05, 0.1) is 0 Å². The van der Waals surface area contributed by atoms with Crippen molar-refractivity contribution in [3.63, 3.8) is 0 Å². The van der Waals surface area contributed by atoms with E-state index in [0.717, 1.165) is 30.8 Å². The highest BCUT2D eigenvalue weighted by molar-refractivity contribution is 5.94. The fourth-order valence-corrected chi connectivity index (χ4v) is 3.01. The second-order valence-electron chi connectivity index (χ2n) is 6.16. The summed E-state index contributed by atoms with van der Waals surface area (Å²) in [6.07, 6.45) is 1.03. The maximum atomic E-state index is 13.0. The number of halogens is 1. The molecule has 3 nitrogen and oxygen atoms in total.